The number of piperidine rings is 1. The highest BCUT2D eigenvalue weighted by Gasteiger charge is 2.35. The van der Waals surface area contributed by atoms with Gasteiger partial charge in [-0.15, -0.1) is 12.4 Å². The zero-order chi connectivity index (χ0) is 16.9. The molecule has 2 atom stereocenters. The smallest absolute Gasteiger partial charge is 0.227 e. The van der Waals surface area contributed by atoms with Crippen molar-refractivity contribution in [1.82, 2.24) is 10.6 Å². The fourth-order valence-electron chi connectivity index (χ4n) is 3.50. The molecule has 2 aliphatic rings. The summed E-state index contributed by atoms with van der Waals surface area (Å²) in [4.78, 5) is 26.2. The van der Waals surface area contributed by atoms with E-state index in [1.165, 1.54) is 12.8 Å². The predicted octanol–water partition coefficient (Wildman–Crippen LogP) is 2.62. The van der Waals surface area contributed by atoms with Gasteiger partial charge in [0, 0.05) is 19.5 Å². The molecule has 0 bridgehead atoms. The molecule has 0 radical (unpaired) electrons. The van der Waals surface area contributed by atoms with E-state index < -0.39 is 0 Å². The van der Waals surface area contributed by atoms with E-state index in [0.29, 0.717) is 29.7 Å². The summed E-state index contributed by atoms with van der Waals surface area (Å²) in [7, 11) is 0. The van der Waals surface area contributed by atoms with E-state index in [2.05, 4.69) is 10.6 Å². The Hall–Kier alpha value is -1.30. The van der Waals surface area contributed by atoms with E-state index in [1.54, 1.807) is 11.0 Å². The third-order valence-corrected chi connectivity index (χ3v) is 5.21. The molecule has 0 aliphatic carbocycles. The molecule has 2 aliphatic heterocycles. The first-order valence-corrected chi connectivity index (χ1v) is 9.06. The summed E-state index contributed by atoms with van der Waals surface area (Å²) in [6.45, 7) is 3.23. The van der Waals surface area contributed by atoms with Crippen LogP contribution in [0.2, 0.25) is 5.02 Å². The summed E-state index contributed by atoms with van der Waals surface area (Å²) >= 11 is 6.17. The van der Waals surface area contributed by atoms with Crippen LogP contribution in [-0.2, 0) is 9.59 Å². The quantitative estimate of drug-likeness (QED) is 0.818. The molecule has 2 N–H and O–H groups in total. The number of benzene rings is 1. The van der Waals surface area contributed by atoms with Crippen LogP contribution >= 0.6 is 24.0 Å². The summed E-state index contributed by atoms with van der Waals surface area (Å²) < 4.78 is 0. The number of amides is 2. The lowest BCUT2D eigenvalue weighted by Gasteiger charge is -2.23. The molecular weight excluding hydrogens is 361 g/mol. The fourth-order valence-corrected chi connectivity index (χ4v) is 3.74. The summed E-state index contributed by atoms with van der Waals surface area (Å²) in [5.41, 5.74) is 0.688. The van der Waals surface area contributed by atoms with Crippen LogP contribution in [0.1, 0.15) is 25.7 Å². The summed E-state index contributed by atoms with van der Waals surface area (Å²) in [5.74, 6) is 0.281. The number of para-hydroxylation sites is 1. The molecule has 2 fully saturated rings. The Bertz CT molecular complexity index is 606. The van der Waals surface area contributed by atoms with Crippen LogP contribution in [0.4, 0.5) is 5.69 Å². The summed E-state index contributed by atoms with van der Waals surface area (Å²) in [6, 6.07) is 7.25. The number of nitrogens with one attached hydrogen (secondary N) is 2. The molecule has 0 saturated carbocycles. The lowest BCUT2D eigenvalue weighted by molar-refractivity contribution is -0.126. The van der Waals surface area contributed by atoms with Crippen molar-refractivity contribution in [3.8, 4) is 0 Å². The van der Waals surface area contributed by atoms with Gasteiger partial charge in [-0.05, 0) is 50.4 Å². The van der Waals surface area contributed by atoms with Gasteiger partial charge in [0.15, 0.2) is 0 Å². The zero-order valence-electron chi connectivity index (χ0n) is 14.2. The Labute approximate surface area is 159 Å². The first-order valence-electron chi connectivity index (χ1n) is 8.68. The number of carbonyl (C=O) groups excluding carboxylic acids is 2. The molecule has 1 aromatic rings. The number of carbonyl (C=O) groups is 2. The van der Waals surface area contributed by atoms with Gasteiger partial charge in [0.2, 0.25) is 11.8 Å². The predicted molar refractivity (Wildman–Crippen MR) is 102 cm³/mol. The molecule has 2 saturated heterocycles. The Morgan fingerprint density at radius 2 is 2.16 bits per heavy atom. The third kappa shape index (κ3) is 5.09. The molecule has 1 aromatic carbocycles. The van der Waals surface area contributed by atoms with Crippen molar-refractivity contribution in [3.63, 3.8) is 0 Å². The van der Waals surface area contributed by atoms with Crippen LogP contribution in [-0.4, -0.2) is 38.0 Å². The van der Waals surface area contributed by atoms with Crippen LogP contribution in [0.5, 0.6) is 0 Å². The maximum absolute atomic E-state index is 12.4. The van der Waals surface area contributed by atoms with Gasteiger partial charge in [-0.2, -0.15) is 0 Å². The van der Waals surface area contributed by atoms with Crippen molar-refractivity contribution in [3.05, 3.63) is 29.3 Å². The molecule has 7 heteroatoms. The van der Waals surface area contributed by atoms with Crippen molar-refractivity contribution in [2.24, 2.45) is 11.8 Å². The molecule has 0 aromatic heterocycles. The van der Waals surface area contributed by atoms with Gasteiger partial charge in [-0.25, -0.2) is 0 Å². The van der Waals surface area contributed by atoms with Gasteiger partial charge in [0.25, 0.3) is 0 Å². The standard InChI is InChI=1S/C18H24ClN3O2.ClH/c19-15-5-1-2-6-16(15)22-12-14(10-17(22)23)18(24)21-9-7-13-4-3-8-20-11-13;/h1-2,5-6,13-14,20H,3-4,7-12H2,(H,21,24);1H. The molecule has 2 amide bonds. The second kappa shape index (κ2) is 9.41. The van der Waals surface area contributed by atoms with E-state index in [9.17, 15) is 9.59 Å². The highest BCUT2D eigenvalue weighted by Crippen LogP contribution is 2.31. The number of hydrogen-bond acceptors (Lipinski definition) is 3. The van der Waals surface area contributed by atoms with E-state index in [-0.39, 0.29) is 36.6 Å². The second-order valence-electron chi connectivity index (χ2n) is 6.65. The second-order valence-corrected chi connectivity index (χ2v) is 7.06. The third-order valence-electron chi connectivity index (χ3n) is 4.89. The monoisotopic (exact) mass is 385 g/mol. The highest BCUT2D eigenvalue weighted by atomic mass is 35.5. The fraction of sp³-hybridized carbons (Fsp3) is 0.556. The van der Waals surface area contributed by atoms with Crippen LogP contribution in [0.3, 0.4) is 0 Å². The van der Waals surface area contributed by atoms with Gasteiger partial charge in [0.1, 0.15) is 0 Å². The van der Waals surface area contributed by atoms with Crippen molar-refractivity contribution < 1.29 is 9.59 Å². The van der Waals surface area contributed by atoms with Gasteiger partial charge in [0.05, 0.1) is 16.6 Å². The van der Waals surface area contributed by atoms with Gasteiger partial charge in [-0.3, -0.25) is 9.59 Å². The van der Waals surface area contributed by atoms with Gasteiger partial charge < -0.3 is 15.5 Å². The first-order chi connectivity index (χ1) is 11.6. The van der Waals surface area contributed by atoms with Crippen molar-refractivity contribution >= 4 is 41.5 Å². The molecule has 0 spiro atoms. The summed E-state index contributed by atoms with van der Waals surface area (Å²) in [5, 5.41) is 6.93. The maximum Gasteiger partial charge on any atom is 0.227 e. The van der Waals surface area contributed by atoms with Crippen LogP contribution in [0.15, 0.2) is 24.3 Å². The average molecular weight is 386 g/mol. The Morgan fingerprint density at radius 1 is 1.36 bits per heavy atom. The number of anilines is 1. The van der Waals surface area contributed by atoms with E-state index in [4.69, 9.17) is 11.6 Å². The Balaban J connectivity index is 0.00000225. The minimum atomic E-state index is -0.293. The number of hydrogen-bond donors (Lipinski definition) is 2. The van der Waals surface area contributed by atoms with Crippen molar-refractivity contribution in [1.29, 1.82) is 0 Å². The molecule has 2 heterocycles. The first kappa shape index (κ1) is 20.0. The van der Waals surface area contributed by atoms with Crippen molar-refractivity contribution in [2.75, 3.05) is 31.1 Å². The number of rotatable bonds is 5. The SMILES string of the molecule is Cl.O=C(NCCC1CCCNC1)C1CC(=O)N(c2ccccc2Cl)C1. The van der Waals surface area contributed by atoms with Crippen LogP contribution in [0, 0.1) is 11.8 Å². The normalized spacial score (nSPS) is 23.2. The zero-order valence-corrected chi connectivity index (χ0v) is 15.7. The molecule has 138 valence electrons. The average Bonchev–Trinajstić information content (AvgIpc) is 2.98. The molecule has 2 unspecified atom stereocenters. The largest absolute Gasteiger partial charge is 0.356 e. The Morgan fingerprint density at radius 3 is 2.88 bits per heavy atom. The maximum atomic E-state index is 12.4. The van der Waals surface area contributed by atoms with E-state index in [1.807, 2.05) is 18.2 Å². The lowest BCUT2D eigenvalue weighted by atomic mass is 9.96. The van der Waals surface area contributed by atoms with Gasteiger partial charge >= 0.3 is 0 Å². The van der Waals surface area contributed by atoms with Gasteiger partial charge in [-0.1, -0.05) is 23.7 Å². The Kier molecular flexibility index (Phi) is 7.54. The van der Waals surface area contributed by atoms with E-state index in [0.717, 1.165) is 19.5 Å². The topological polar surface area (TPSA) is 61.4 Å². The number of halogens is 2. The van der Waals surface area contributed by atoms with Crippen LogP contribution < -0.4 is 15.5 Å². The van der Waals surface area contributed by atoms with Crippen molar-refractivity contribution in [2.45, 2.75) is 25.7 Å². The minimum Gasteiger partial charge on any atom is -0.356 e. The molecule has 3 rings (SSSR count). The summed E-state index contributed by atoms with van der Waals surface area (Å²) in [6.07, 6.45) is 3.68. The van der Waals surface area contributed by atoms with Crippen LogP contribution in [0.25, 0.3) is 0 Å². The molecule has 5 nitrogen and oxygen atoms in total. The lowest BCUT2D eigenvalue weighted by Crippen LogP contribution is -2.36. The number of nitrogens with zero attached hydrogens (tertiary/aromatic N) is 1. The molecule has 25 heavy (non-hydrogen) atoms. The molecular formula is C18H25Cl2N3O2. The highest BCUT2D eigenvalue weighted by molar-refractivity contribution is 6.33. The van der Waals surface area contributed by atoms with E-state index >= 15 is 0 Å². The minimum absolute atomic E-state index is 0.